The van der Waals surface area contributed by atoms with Crippen molar-refractivity contribution in [1.29, 1.82) is 0 Å². The van der Waals surface area contributed by atoms with Gasteiger partial charge in [0.15, 0.2) is 17.3 Å². The summed E-state index contributed by atoms with van der Waals surface area (Å²) in [6, 6.07) is 19.4. The summed E-state index contributed by atoms with van der Waals surface area (Å²) in [6.07, 6.45) is 1.47. The molecule has 2 atom stereocenters. The summed E-state index contributed by atoms with van der Waals surface area (Å²) in [5.41, 5.74) is 3.69. The van der Waals surface area contributed by atoms with Gasteiger partial charge in [-0.25, -0.2) is 9.67 Å². The number of nitrogens with one attached hydrogen (secondary N) is 2. The average molecular weight is 554 g/mol. The SMILES string of the molecule is COc1ccccc1NC(=O)C1C(C)=Nc2c(C(=O)Nc3ccc(C)cc3)cnn2C1c1cccc(OC)c1OC. The van der Waals surface area contributed by atoms with Gasteiger partial charge >= 0.3 is 0 Å². The smallest absolute Gasteiger partial charge is 0.261 e. The molecule has 0 saturated carbocycles. The molecule has 3 aromatic carbocycles. The first-order chi connectivity index (χ1) is 19.9. The standard InChI is InChI=1S/C31H31N5O5/c1-18-13-15-20(16-14-18)34-30(37)22-17-32-36-27(21-9-8-12-25(40-4)28(21)41-5)26(19(2)33-29(22)36)31(38)35-23-10-6-7-11-24(23)39-3/h6-17,26-27H,1-5H3,(H,34,37)(H,35,38). The zero-order valence-corrected chi connectivity index (χ0v) is 23.5. The van der Waals surface area contributed by atoms with E-state index in [-0.39, 0.29) is 17.4 Å². The van der Waals surface area contributed by atoms with E-state index in [0.717, 1.165) is 5.56 Å². The molecular formula is C31H31N5O5. The molecule has 10 nitrogen and oxygen atoms in total. The number of carbonyl (C=O) groups is 2. The number of fused-ring (bicyclic) bond motifs is 1. The van der Waals surface area contributed by atoms with E-state index < -0.39 is 12.0 Å². The molecular weight excluding hydrogens is 522 g/mol. The number of para-hydroxylation sites is 3. The second kappa shape index (κ2) is 11.5. The number of carbonyl (C=O) groups excluding carboxylic acids is 2. The third-order valence-corrected chi connectivity index (χ3v) is 7.03. The largest absolute Gasteiger partial charge is 0.495 e. The summed E-state index contributed by atoms with van der Waals surface area (Å²) in [4.78, 5) is 32.1. The molecule has 2 unspecified atom stereocenters. The van der Waals surface area contributed by atoms with Gasteiger partial charge in [0.25, 0.3) is 5.91 Å². The van der Waals surface area contributed by atoms with Crippen LogP contribution in [-0.4, -0.2) is 48.6 Å². The van der Waals surface area contributed by atoms with Crippen LogP contribution in [0.15, 0.2) is 77.9 Å². The fourth-order valence-corrected chi connectivity index (χ4v) is 5.02. The van der Waals surface area contributed by atoms with E-state index in [2.05, 4.69) is 15.7 Å². The number of hydrogen-bond acceptors (Lipinski definition) is 7. The van der Waals surface area contributed by atoms with Gasteiger partial charge in [0.1, 0.15) is 17.2 Å². The molecule has 0 fully saturated rings. The van der Waals surface area contributed by atoms with Gasteiger partial charge in [-0.15, -0.1) is 0 Å². The van der Waals surface area contributed by atoms with Gasteiger partial charge < -0.3 is 24.8 Å². The second-order valence-corrected chi connectivity index (χ2v) is 9.59. The number of rotatable bonds is 8. The number of benzene rings is 3. The van der Waals surface area contributed by atoms with Crippen molar-refractivity contribution in [1.82, 2.24) is 9.78 Å². The van der Waals surface area contributed by atoms with E-state index >= 15 is 0 Å². The molecule has 10 heteroatoms. The minimum absolute atomic E-state index is 0.278. The Kier molecular flexibility index (Phi) is 7.73. The Balaban J connectivity index is 1.60. The molecule has 1 aliphatic rings. The fraction of sp³-hybridized carbons (Fsp3) is 0.226. The first-order valence-corrected chi connectivity index (χ1v) is 13.0. The number of ether oxygens (including phenoxy) is 3. The van der Waals surface area contributed by atoms with Crippen LogP contribution in [0.5, 0.6) is 17.2 Å². The maximum atomic E-state index is 14.0. The van der Waals surface area contributed by atoms with Gasteiger partial charge in [-0.05, 0) is 44.2 Å². The molecule has 0 saturated heterocycles. The maximum Gasteiger partial charge on any atom is 0.261 e. The normalized spacial score (nSPS) is 15.8. The molecule has 0 radical (unpaired) electrons. The predicted octanol–water partition coefficient (Wildman–Crippen LogP) is 5.42. The number of nitrogens with zero attached hydrogens (tertiary/aromatic N) is 3. The van der Waals surface area contributed by atoms with Crippen LogP contribution < -0.4 is 24.8 Å². The Labute approximate surface area is 238 Å². The molecule has 41 heavy (non-hydrogen) atoms. The van der Waals surface area contributed by atoms with Crippen molar-refractivity contribution in [2.75, 3.05) is 32.0 Å². The first kappa shape index (κ1) is 27.4. The molecule has 0 aliphatic carbocycles. The van der Waals surface area contributed by atoms with Crippen LogP contribution in [-0.2, 0) is 4.79 Å². The highest BCUT2D eigenvalue weighted by atomic mass is 16.5. The van der Waals surface area contributed by atoms with Crippen LogP contribution in [0.25, 0.3) is 0 Å². The van der Waals surface area contributed by atoms with E-state index in [0.29, 0.717) is 45.7 Å². The third-order valence-electron chi connectivity index (χ3n) is 7.03. The van der Waals surface area contributed by atoms with E-state index in [1.807, 2.05) is 55.5 Å². The Morgan fingerprint density at radius 3 is 2.24 bits per heavy atom. The Hall–Kier alpha value is -5.12. The van der Waals surface area contributed by atoms with Crippen molar-refractivity contribution >= 4 is 34.7 Å². The summed E-state index contributed by atoms with van der Waals surface area (Å²) in [5, 5.41) is 10.5. The summed E-state index contributed by atoms with van der Waals surface area (Å²) in [6.45, 7) is 3.74. The molecule has 4 aromatic rings. The lowest BCUT2D eigenvalue weighted by molar-refractivity contribution is -0.118. The van der Waals surface area contributed by atoms with Crippen LogP contribution in [0.4, 0.5) is 17.2 Å². The number of aryl methyl sites for hydroxylation is 1. The minimum Gasteiger partial charge on any atom is -0.495 e. The van der Waals surface area contributed by atoms with Gasteiger partial charge in [0.2, 0.25) is 5.91 Å². The van der Waals surface area contributed by atoms with Gasteiger partial charge in [-0.3, -0.25) is 9.59 Å². The maximum absolute atomic E-state index is 14.0. The number of aliphatic imine (C=N–C) groups is 1. The predicted molar refractivity (Wildman–Crippen MR) is 157 cm³/mol. The fourth-order valence-electron chi connectivity index (χ4n) is 5.02. The van der Waals surface area contributed by atoms with Gasteiger partial charge in [-0.1, -0.05) is 42.0 Å². The summed E-state index contributed by atoms with van der Waals surface area (Å²) in [5.74, 6) is 0.329. The van der Waals surface area contributed by atoms with E-state index in [1.165, 1.54) is 6.20 Å². The average Bonchev–Trinajstić information content (AvgIpc) is 3.40. The van der Waals surface area contributed by atoms with Gasteiger partial charge in [-0.2, -0.15) is 5.10 Å². The van der Waals surface area contributed by atoms with Crippen LogP contribution in [0, 0.1) is 12.8 Å². The van der Waals surface area contributed by atoms with Crippen LogP contribution in [0.2, 0.25) is 0 Å². The van der Waals surface area contributed by atoms with Crippen molar-refractivity contribution in [2.24, 2.45) is 10.9 Å². The third kappa shape index (κ3) is 5.23. The highest BCUT2D eigenvalue weighted by Crippen LogP contribution is 2.44. The highest BCUT2D eigenvalue weighted by Gasteiger charge is 2.41. The van der Waals surface area contributed by atoms with Crippen molar-refractivity contribution in [3.05, 3.63) is 89.6 Å². The lowest BCUT2D eigenvalue weighted by atomic mass is 9.86. The zero-order chi connectivity index (χ0) is 29.1. The lowest BCUT2D eigenvalue weighted by Gasteiger charge is -2.32. The van der Waals surface area contributed by atoms with Crippen molar-refractivity contribution in [3.63, 3.8) is 0 Å². The second-order valence-electron chi connectivity index (χ2n) is 9.59. The van der Waals surface area contributed by atoms with E-state index in [4.69, 9.17) is 19.2 Å². The summed E-state index contributed by atoms with van der Waals surface area (Å²) < 4.78 is 18.4. The minimum atomic E-state index is -0.804. The molecule has 2 heterocycles. The molecule has 1 aliphatic heterocycles. The number of hydrogen-bond donors (Lipinski definition) is 2. The molecule has 2 N–H and O–H groups in total. The Morgan fingerprint density at radius 2 is 1.54 bits per heavy atom. The van der Waals surface area contributed by atoms with Crippen molar-refractivity contribution in [3.8, 4) is 17.2 Å². The van der Waals surface area contributed by atoms with Crippen LogP contribution in [0.3, 0.4) is 0 Å². The monoisotopic (exact) mass is 553 g/mol. The van der Waals surface area contributed by atoms with Crippen molar-refractivity contribution in [2.45, 2.75) is 19.9 Å². The number of anilines is 2. The summed E-state index contributed by atoms with van der Waals surface area (Å²) in [7, 11) is 4.63. The molecule has 5 rings (SSSR count). The van der Waals surface area contributed by atoms with E-state index in [1.54, 1.807) is 51.1 Å². The molecule has 0 bridgehead atoms. The molecule has 2 amide bonds. The van der Waals surface area contributed by atoms with Gasteiger partial charge in [0.05, 0.1) is 39.3 Å². The molecule has 1 aromatic heterocycles. The quantitative estimate of drug-likeness (QED) is 0.301. The zero-order valence-electron chi connectivity index (χ0n) is 23.5. The van der Waals surface area contributed by atoms with E-state index in [9.17, 15) is 9.59 Å². The Bertz CT molecular complexity index is 1630. The van der Waals surface area contributed by atoms with Crippen LogP contribution in [0.1, 0.15) is 34.5 Å². The number of aromatic nitrogens is 2. The van der Waals surface area contributed by atoms with Crippen LogP contribution >= 0.6 is 0 Å². The number of amides is 2. The number of methoxy groups -OCH3 is 3. The Morgan fingerprint density at radius 1 is 0.829 bits per heavy atom. The highest BCUT2D eigenvalue weighted by molar-refractivity contribution is 6.13. The van der Waals surface area contributed by atoms with Gasteiger partial charge in [0, 0.05) is 17.0 Å². The van der Waals surface area contributed by atoms with Crippen molar-refractivity contribution < 1.29 is 23.8 Å². The molecule has 210 valence electrons. The topological polar surface area (TPSA) is 116 Å². The summed E-state index contributed by atoms with van der Waals surface area (Å²) >= 11 is 0. The lowest BCUT2D eigenvalue weighted by Crippen LogP contribution is -2.39. The first-order valence-electron chi connectivity index (χ1n) is 13.0. The molecule has 0 spiro atoms.